The van der Waals surface area contributed by atoms with Gasteiger partial charge in [-0.2, -0.15) is 0 Å². The molecule has 2 heteroatoms. The fourth-order valence-electron chi connectivity index (χ4n) is 9.93. The molecule has 1 spiro atoms. The molecule has 2 aliphatic rings. The summed E-state index contributed by atoms with van der Waals surface area (Å²) in [6, 6.07) is 73.5. The number of hydrogen-bond donors (Lipinski definition) is 0. The Morgan fingerprint density at radius 1 is 0.364 bits per heavy atom. The minimum absolute atomic E-state index is 0.638. The van der Waals surface area contributed by atoms with Gasteiger partial charge in [-0.25, -0.2) is 0 Å². The maximum Gasteiger partial charge on any atom is 0.136 e. The van der Waals surface area contributed by atoms with E-state index < -0.39 is 5.41 Å². The quantitative estimate of drug-likeness (QED) is 0.183. The Morgan fingerprint density at radius 2 is 0.982 bits per heavy atom. The first kappa shape index (κ1) is 30.3. The summed E-state index contributed by atoms with van der Waals surface area (Å²) in [5, 5.41) is 4.74. The Kier molecular flexibility index (Phi) is 6.29. The third kappa shape index (κ3) is 4.08. The molecule has 9 aromatic carbocycles. The van der Waals surface area contributed by atoms with E-state index in [0.29, 0.717) is 0 Å². The zero-order valence-corrected chi connectivity index (χ0v) is 29.9. The van der Waals surface area contributed by atoms with Crippen molar-refractivity contribution in [1.29, 1.82) is 0 Å². The first-order valence-electron chi connectivity index (χ1n) is 19.0. The molecule has 0 radical (unpaired) electrons. The second kappa shape index (κ2) is 11.4. The fourth-order valence-corrected chi connectivity index (χ4v) is 9.93. The van der Waals surface area contributed by atoms with Crippen LogP contribution in [-0.2, 0) is 5.41 Å². The smallest absolute Gasteiger partial charge is 0.136 e. The summed E-state index contributed by atoms with van der Waals surface area (Å²) in [6.45, 7) is 0. The Balaban J connectivity index is 1.26. The van der Waals surface area contributed by atoms with Crippen LogP contribution in [0.4, 0.5) is 17.1 Å². The minimum Gasteiger partial charge on any atom is -0.456 e. The van der Waals surface area contributed by atoms with Gasteiger partial charge >= 0.3 is 0 Å². The largest absolute Gasteiger partial charge is 0.456 e. The van der Waals surface area contributed by atoms with E-state index in [1.807, 2.05) is 0 Å². The third-order valence-corrected chi connectivity index (χ3v) is 12.1. The van der Waals surface area contributed by atoms with Gasteiger partial charge in [-0.05, 0) is 103 Å². The van der Waals surface area contributed by atoms with Crippen LogP contribution < -0.4 is 4.90 Å². The SMILES string of the molecule is c1ccc(N(c2ccc3c(c2)C2(c4ccccc4-c4ccccc4-3)c3ccccc3-c3c2ccc2oc4ccccc4c32)c2cccc3ccccc23)cc1. The highest BCUT2D eigenvalue weighted by Gasteiger charge is 2.50. The maximum atomic E-state index is 6.56. The Bertz CT molecular complexity index is 3170. The van der Waals surface area contributed by atoms with Crippen LogP contribution in [0.1, 0.15) is 22.3 Å². The molecule has 1 atom stereocenters. The molecular weight excluding hydrogens is 667 g/mol. The van der Waals surface area contributed by atoms with E-state index in [4.69, 9.17) is 4.42 Å². The second-order valence-corrected chi connectivity index (χ2v) is 14.7. The molecule has 0 amide bonds. The highest BCUT2D eigenvalue weighted by molar-refractivity contribution is 6.16. The predicted octanol–water partition coefficient (Wildman–Crippen LogP) is 14.2. The van der Waals surface area contributed by atoms with Crippen molar-refractivity contribution in [2.24, 2.45) is 0 Å². The lowest BCUT2D eigenvalue weighted by atomic mass is 9.65. The zero-order valence-electron chi connectivity index (χ0n) is 29.9. The van der Waals surface area contributed by atoms with Crippen molar-refractivity contribution in [2.45, 2.75) is 5.41 Å². The van der Waals surface area contributed by atoms with E-state index in [0.717, 1.165) is 33.6 Å². The highest BCUT2D eigenvalue weighted by Crippen LogP contribution is 2.63. The number of furan rings is 1. The van der Waals surface area contributed by atoms with Gasteiger partial charge in [-0.15, -0.1) is 0 Å². The average Bonchev–Trinajstić information content (AvgIpc) is 3.75. The van der Waals surface area contributed by atoms with Crippen LogP contribution in [0.25, 0.3) is 66.1 Å². The van der Waals surface area contributed by atoms with Crippen LogP contribution in [0.3, 0.4) is 0 Å². The monoisotopic (exact) mass is 699 g/mol. The van der Waals surface area contributed by atoms with Crippen LogP contribution in [0.2, 0.25) is 0 Å². The van der Waals surface area contributed by atoms with Crippen LogP contribution in [0, 0.1) is 0 Å². The maximum absolute atomic E-state index is 6.56. The van der Waals surface area contributed by atoms with Crippen molar-refractivity contribution in [3.63, 3.8) is 0 Å². The molecule has 0 fully saturated rings. The number of fused-ring (bicyclic) bond motifs is 17. The summed E-state index contributed by atoms with van der Waals surface area (Å²) in [4.78, 5) is 2.44. The number of para-hydroxylation sites is 2. The van der Waals surface area contributed by atoms with E-state index in [1.54, 1.807) is 0 Å². The molecule has 0 N–H and O–H groups in total. The van der Waals surface area contributed by atoms with Gasteiger partial charge in [0.15, 0.2) is 0 Å². The molecule has 55 heavy (non-hydrogen) atoms. The van der Waals surface area contributed by atoms with Crippen LogP contribution in [-0.4, -0.2) is 0 Å². The van der Waals surface area contributed by atoms with E-state index in [9.17, 15) is 0 Å². The van der Waals surface area contributed by atoms with Gasteiger partial charge in [0.05, 0.1) is 11.1 Å². The van der Waals surface area contributed by atoms with Gasteiger partial charge in [-0.1, -0.05) is 158 Å². The summed E-state index contributed by atoms with van der Waals surface area (Å²) in [6.07, 6.45) is 0. The second-order valence-electron chi connectivity index (χ2n) is 14.7. The number of rotatable bonds is 3. The summed E-state index contributed by atoms with van der Waals surface area (Å²) in [5.41, 5.74) is 17.2. The minimum atomic E-state index is -0.638. The number of anilines is 3. The molecule has 256 valence electrons. The van der Waals surface area contributed by atoms with Gasteiger partial charge < -0.3 is 9.32 Å². The van der Waals surface area contributed by atoms with E-state index in [2.05, 4.69) is 205 Å². The Labute approximate surface area is 319 Å². The Morgan fingerprint density at radius 3 is 1.80 bits per heavy atom. The molecule has 12 rings (SSSR count). The van der Waals surface area contributed by atoms with Gasteiger partial charge in [-0.3, -0.25) is 0 Å². The molecule has 1 heterocycles. The standard InChI is InChI=1S/C53H33NO/c1-2-17-35(18-3-1)54(48-27-14-16-34-15-4-5-19-37(34)48)36-29-30-41-39-21-7-6-20-38(39)40-22-8-11-25-44(40)53(47(41)33-36)45-26-12-9-23-42(45)51-46(53)31-32-50-52(51)43-24-10-13-28-49(43)55-50/h1-33H. The number of nitrogens with zero attached hydrogens (tertiary/aromatic N) is 1. The molecule has 0 bridgehead atoms. The first-order chi connectivity index (χ1) is 27.3. The molecule has 0 saturated heterocycles. The summed E-state index contributed by atoms with van der Waals surface area (Å²) < 4.78 is 6.56. The summed E-state index contributed by atoms with van der Waals surface area (Å²) >= 11 is 0. The van der Waals surface area contributed by atoms with E-state index in [1.165, 1.54) is 71.8 Å². The van der Waals surface area contributed by atoms with Gasteiger partial charge in [0.1, 0.15) is 11.2 Å². The lowest BCUT2D eigenvalue weighted by Crippen LogP contribution is -2.29. The van der Waals surface area contributed by atoms with Crippen molar-refractivity contribution < 1.29 is 4.42 Å². The highest BCUT2D eigenvalue weighted by atomic mass is 16.3. The third-order valence-electron chi connectivity index (χ3n) is 12.1. The van der Waals surface area contributed by atoms with Crippen LogP contribution in [0.5, 0.6) is 0 Å². The average molecular weight is 700 g/mol. The molecule has 1 unspecified atom stereocenters. The molecule has 1 aromatic heterocycles. The Hall–Kier alpha value is -7.16. The van der Waals surface area contributed by atoms with Crippen molar-refractivity contribution in [2.75, 3.05) is 4.90 Å². The summed E-state index contributed by atoms with van der Waals surface area (Å²) in [5.74, 6) is 0. The van der Waals surface area contributed by atoms with Gasteiger partial charge in [0.25, 0.3) is 0 Å². The van der Waals surface area contributed by atoms with Crippen molar-refractivity contribution in [3.05, 3.63) is 222 Å². The molecular formula is C53H33NO. The molecule has 2 aliphatic carbocycles. The first-order valence-corrected chi connectivity index (χ1v) is 19.0. The van der Waals surface area contributed by atoms with Gasteiger partial charge in [0.2, 0.25) is 0 Å². The molecule has 10 aromatic rings. The van der Waals surface area contributed by atoms with Crippen LogP contribution >= 0.6 is 0 Å². The van der Waals surface area contributed by atoms with E-state index in [-0.39, 0.29) is 0 Å². The number of hydrogen-bond acceptors (Lipinski definition) is 2. The van der Waals surface area contributed by atoms with Crippen LogP contribution in [0.15, 0.2) is 205 Å². The fraction of sp³-hybridized carbons (Fsp3) is 0.0189. The zero-order chi connectivity index (χ0) is 36.1. The summed E-state index contributed by atoms with van der Waals surface area (Å²) in [7, 11) is 0. The molecule has 0 aliphatic heterocycles. The van der Waals surface area contributed by atoms with Crippen molar-refractivity contribution in [1.82, 2.24) is 0 Å². The predicted molar refractivity (Wildman–Crippen MR) is 228 cm³/mol. The lowest BCUT2D eigenvalue weighted by molar-refractivity contribution is 0.668. The molecule has 2 nitrogen and oxygen atoms in total. The normalized spacial score (nSPS) is 15.0. The van der Waals surface area contributed by atoms with E-state index >= 15 is 0 Å². The van der Waals surface area contributed by atoms with Gasteiger partial charge in [0, 0.05) is 27.5 Å². The number of benzene rings is 9. The topological polar surface area (TPSA) is 16.4 Å². The van der Waals surface area contributed by atoms with Crippen molar-refractivity contribution >= 4 is 49.8 Å². The van der Waals surface area contributed by atoms with Crippen molar-refractivity contribution in [3.8, 4) is 33.4 Å². The lowest BCUT2D eigenvalue weighted by Gasteiger charge is -2.36. The molecule has 0 saturated carbocycles.